The van der Waals surface area contributed by atoms with Crippen LogP contribution in [0.4, 0.5) is 0 Å². The fourth-order valence-electron chi connectivity index (χ4n) is 4.83. The Morgan fingerprint density at radius 2 is 1.77 bits per heavy atom. The molecule has 0 spiro atoms. The molecule has 130 valence electrons. The molecule has 1 saturated carbocycles. The lowest BCUT2D eigenvalue weighted by Crippen LogP contribution is -3.14. The standard InChI is InChI=1S/C21H21N5/c1-14-9-17-16(10-22)19(25)21(11-23,12-24)18(15-7-5-4-6-8-15)20(17,2)13-26(14)3/h4-9,14,16,18,25H,13H2,1-3H3/p+1/t14-,16+,18-,20-/m1/s1. The maximum Gasteiger partial charge on any atom is 0.190 e. The van der Waals surface area contributed by atoms with E-state index in [0.717, 1.165) is 11.1 Å². The van der Waals surface area contributed by atoms with Crippen molar-refractivity contribution in [3.63, 3.8) is 0 Å². The number of likely N-dealkylation sites (N-methyl/N-ethyl adjacent to an activating group) is 1. The molecular formula is C21H22N5+. The van der Waals surface area contributed by atoms with Gasteiger partial charge < -0.3 is 10.3 Å². The van der Waals surface area contributed by atoms with E-state index in [1.54, 1.807) is 0 Å². The molecule has 1 aromatic carbocycles. The highest BCUT2D eigenvalue weighted by Gasteiger charge is 2.64. The van der Waals surface area contributed by atoms with Crippen LogP contribution in [0.3, 0.4) is 0 Å². The molecule has 0 radical (unpaired) electrons. The molecule has 1 aliphatic carbocycles. The van der Waals surface area contributed by atoms with E-state index >= 15 is 0 Å². The largest absolute Gasteiger partial charge is 0.331 e. The number of hydrogen-bond acceptors (Lipinski definition) is 4. The maximum atomic E-state index is 10.0. The van der Waals surface area contributed by atoms with Crippen LogP contribution in [-0.4, -0.2) is 25.3 Å². The summed E-state index contributed by atoms with van der Waals surface area (Å²) >= 11 is 0. The highest BCUT2D eigenvalue weighted by molar-refractivity contribution is 6.01. The molecule has 1 aliphatic heterocycles. The van der Waals surface area contributed by atoms with Crippen molar-refractivity contribution in [3.8, 4) is 18.2 Å². The van der Waals surface area contributed by atoms with Crippen molar-refractivity contribution in [2.45, 2.75) is 25.8 Å². The van der Waals surface area contributed by atoms with Crippen LogP contribution in [-0.2, 0) is 0 Å². The second-order valence-corrected chi connectivity index (χ2v) is 7.70. The second kappa shape index (κ2) is 6.10. The van der Waals surface area contributed by atoms with E-state index in [1.165, 1.54) is 4.90 Å². The lowest BCUT2D eigenvalue weighted by molar-refractivity contribution is -0.905. The zero-order valence-corrected chi connectivity index (χ0v) is 15.2. The first-order chi connectivity index (χ1) is 12.4. The zero-order valence-electron chi connectivity index (χ0n) is 15.2. The van der Waals surface area contributed by atoms with Gasteiger partial charge in [-0.15, -0.1) is 0 Å². The summed E-state index contributed by atoms with van der Waals surface area (Å²) in [6.07, 6.45) is 2.08. The average Bonchev–Trinajstić information content (AvgIpc) is 2.64. The predicted molar refractivity (Wildman–Crippen MR) is 97.1 cm³/mol. The van der Waals surface area contributed by atoms with Crippen LogP contribution in [0.15, 0.2) is 42.0 Å². The van der Waals surface area contributed by atoms with Crippen LogP contribution in [0, 0.1) is 56.2 Å². The van der Waals surface area contributed by atoms with Gasteiger partial charge in [0, 0.05) is 11.3 Å². The van der Waals surface area contributed by atoms with Gasteiger partial charge in [0.25, 0.3) is 0 Å². The van der Waals surface area contributed by atoms with E-state index < -0.39 is 22.7 Å². The van der Waals surface area contributed by atoms with Gasteiger partial charge in [-0.3, -0.25) is 0 Å². The van der Waals surface area contributed by atoms with Crippen molar-refractivity contribution in [2.24, 2.45) is 16.7 Å². The fourth-order valence-corrected chi connectivity index (χ4v) is 4.83. The number of nitriles is 3. The lowest BCUT2D eigenvalue weighted by atomic mass is 9.48. The Hall–Kier alpha value is -2.94. The Morgan fingerprint density at radius 1 is 1.15 bits per heavy atom. The second-order valence-electron chi connectivity index (χ2n) is 7.70. The Bertz CT molecular complexity index is 881. The number of nitrogens with one attached hydrogen (secondary N) is 2. The highest BCUT2D eigenvalue weighted by Crippen LogP contribution is 2.59. The van der Waals surface area contributed by atoms with E-state index in [0.29, 0.717) is 6.54 Å². The smallest absolute Gasteiger partial charge is 0.190 e. The summed E-state index contributed by atoms with van der Waals surface area (Å²) in [5, 5.41) is 38.5. The van der Waals surface area contributed by atoms with E-state index in [4.69, 9.17) is 5.41 Å². The van der Waals surface area contributed by atoms with Gasteiger partial charge in [0.15, 0.2) is 5.41 Å². The summed E-state index contributed by atoms with van der Waals surface area (Å²) in [4.78, 5) is 1.27. The van der Waals surface area contributed by atoms with Crippen LogP contribution >= 0.6 is 0 Å². The summed E-state index contributed by atoms with van der Waals surface area (Å²) in [5.74, 6) is -1.31. The van der Waals surface area contributed by atoms with E-state index in [9.17, 15) is 15.8 Å². The molecule has 0 aromatic heterocycles. The molecule has 0 bridgehead atoms. The first kappa shape index (κ1) is 17.9. The summed E-state index contributed by atoms with van der Waals surface area (Å²) in [6.45, 7) is 4.84. The fraction of sp³-hybridized carbons (Fsp3) is 0.429. The van der Waals surface area contributed by atoms with Gasteiger partial charge in [-0.05, 0) is 31.1 Å². The van der Waals surface area contributed by atoms with Crippen molar-refractivity contribution in [2.75, 3.05) is 13.6 Å². The minimum absolute atomic E-state index is 0.0886. The number of fused-ring (bicyclic) bond motifs is 1. The molecule has 1 aromatic rings. The first-order valence-electron chi connectivity index (χ1n) is 8.76. The van der Waals surface area contributed by atoms with Crippen molar-refractivity contribution in [1.82, 2.24) is 0 Å². The van der Waals surface area contributed by atoms with E-state index in [2.05, 4.69) is 38.3 Å². The van der Waals surface area contributed by atoms with Crippen LogP contribution in [0.25, 0.3) is 0 Å². The van der Waals surface area contributed by atoms with Crippen LogP contribution in [0.2, 0.25) is 0 Å². The third-order valence-corrected chi connectivity index (χ3v) is 6.22. The topological polar surface area (TPSA) is 99.7 Å². The molecule has 5 atom stereocenters. The van der Waals surface area contributed by atoms with Crippen molar-refractivity contribution in [1.29, 1.82) is 21.2 Å². The molecule has 0 saturated heterocycles. The molecule has 5 nitrogen and oxygen atoms in total. The molecule has 26 heavy (non-hydrogen) atoms. The normalized spacial score (nSPS) is 35.2. The number of rotatable bonds is 1. The molecule has 3 rings (SSSR count). The van der Waals surface area contributed by atoms with E-state index in [1.807, 2.05) is 37.3 Å². The third kappa shape index (κ3) is 2.20. The van der Waals surface area contributed by atoms with Crippen molar-refractivity contribution >= 4 is 5.71 Å². The maximum absolute atomic E-state index is 10.0. The van der Waals surface area contributed by atoms with Crippen LogP contribution in [0.5, 0.6) is 0 Å². The molecule has 1 fully saturated rings. The van der Waals surface area contributed by atoms with Crippen LogP contribution < -0.4 is 4.90 Å². The summed E-state index contributed by atoms with van der Waals surface area (Å²) < 4.78 is 0. The average molecular weight is 344 g/mol. The zero-order chi connectivity index (χ0) is 19.1. The first-order valence-corrected chi connectivity index (χ1v) is 8.76. The summed E-state index contributed by atoms with van der Waals surface area (Å²) in [7, 11) is 2.09. The Labute approximate surface area is 154 Å². The Kier molecular flexibility index (Phi) is 4.19. The molecular weight excluding hydrogens is 322 g/mol. The van der Waals surface area contributed by atoms with Gasteiger partial charge >= 0.3 is 0 Å². The van der Waals surface area contributed by atoms with Crippen LogP contribution in [0.1, 0.15) is 25.3 Å². The summed E-state index contributed by atoms with van der Waals surface area (Å²) in [6, 6.07) is 16.2. The lowest BCUT2D eigenvalue weighted by Gasteiger charge is -2.53. The number of hydrogen-bond donors (Lipinski definition) is 2. The molecule has 1 heterocycles. The number of quaternary nitrogens is 1. The van der Waals surface area contributed by atoms with E-state index in [-0.39, 0.29) is 11.8 Å². The number of nitrogens with zero attached hydrogens (tertiary/aromatic N) is 3. The van der Waals surface area contributed by atoms with Gasteiger partial charge in [0.2, 0.25) is 0 Å². The van der Waals surface area contributed by atoms with Gasteiger partial charge in [0.05, 0.1) is 37.5 Å². The minimum Gasteiger partial charge on any atom is -0.331 e. The number of benzene rings is 1. The molecule has 2 N–H and O–H groups in total. The summed E-state index contributed by atoms with van der Waals surface area (Å²) in [5.41, 5.74) is -0.525. The highest BCUT2D eigenvalue weighted by atomic mass is 15.1. The molecule has 2 aliphatic rings. The monoisotopic (exact) mass is 344 g/mol. The minimum atomic E-state index is -1.64. The van der Waals surface area contributed by atoms with Crippen molar-refractivity contribution < 1.29 is 4.90 Å². The van der Waals surface area contributed by atoms with Gasteiger partial charge in [-0.25, -0.2) is 0 Å². The van der Waals surface area contributed by atoms with Gasteiger partial charge in [-0.2, -0.15) is 15.8 Å². The molecule has 1 unspecified atom stereocenters. The Morgan fingerprint density at radius 3 is 2.31 bits per heavy atom. The third-order valence-electron chi connectivity index (χ3n) is 6.22. The quantitative estimate of drug-likeness (QED) is 0.760. The Balaban J connectivity index is 2.37. The predicted octanol–water partition coefficient (Wildman–Crippen LogP) is 1.83. The van der Waals surface area contributed by atoms with Crippen molar-refractivity contribution in [3.05, 3.63) is 47.5 Å². The van der Waals surface area contributed by atoms with Gasteiger partial charge in [0.1, 0.15) is 12.0 Å². The molecule has 5 heteroatoms. The molecule has 0 amide bonds. The SMILES string of the molecule is C[C@@H]1C=C2[C@H](C#N)C(=N)C(C#N)(C#N)[C@H](c3ccccc3)[C@]2(C)C[NH+]1C. The van der Waals surface area contributed by atoms with Gasteiger partial charge in [-0.1, -0.05) is 30.3 Å².